The van der Waals surface area contributed by atoms with E-state index < -0.39 is 8.07 Å². The van der Waals surface area contributed by atoms with Crippen LogP contribution in [0.2, 0.25) is 13.1 Å². The van der Waals surface area contributed by atoms with Crippen LogP contribution < -0.4 is 15.4 Å². The molecule has 1 aromatic carbocycles. The molecule has 6 heterocycles. The molecule has 0 amide bonds. The Labute approximate surface area is 293 Å². The summed E-state index contributed by atoms with van der Waals surface area (Å²) in [6.07, 6.45) is 16.8. The van der Waals surface area contributed by atoms with Gasteiger partial charge in [0.1, 0.15) is 21.2 Å². The van der Waals surface area contributed by atoms with Crippen molar-refractivity contribution in [2.24, 2.45) is 0 Å². The summed E-state index contributed by atoms with van der Waals surface area (Å²) in [6, 6.07) is 17.8. The molecule has 0 saturated carbocycles. The van der Waals surface area contributed by atoms with Crippen LogP contribution in [0.4, 0.5) is 5.69 Å². The van der Waals surface area contributed by atoms with Crippen molar-refractivity contribution in [1.29, 1.82) is 0 Å². The van der Waals surface area contributed by atoms with Crippen molar-refractivity contribution in [2.45, 2.75) is 58.4 Å². The van der Waals surface area contributed by atoms with E-state index in [0.717, 1.165) is 89.9 Å². The van der Waals surface area contributed by atoms with Crippen LogP contribution in [0.1, 0.15) is 48.2 Å². The van der Waals surface area contributed by atoms with E-state index in [9.17, 15) is 0 Å². The monoisotopic (exact) mass is 670 g/mol. The van der Waals surface area contributed by atoms with E-state index in [1.165, 1.54) is 59.4 Å². The van der Waals surface area contributed by atoms with E-state index in [4.69, 9.17) is 9.97 Å². The van der Waals surface area contributed by atoms with E-state index in [-0.39, 0.29) is 0 Å². The minimum absolute atomic E-state index is 0.846. The Bertz CT molecular complexity index is 1780. The smallest absolute Gasteiger partial charge is 0.200 e. The Morgan fingerprint density at radius 3 is 2.08 bits per heavy atom. The summed E-state index contributed by atoms with van der Waals surface area (Å²) < 4.78 is 2.65. The number of nitrogens with zero attached hydrogens (tertiary/aromatic N) is 6. The van der Waals surface area contributed by atoms with Crippen molar-refractivity contribution >= 4 is 30.7 Å². The molecular formula is C41H52N7Si+. The molecule has 2 bridgehead atoms. The van der Waals surface area contributed by atoms with Crippen molar-refractivity contribution in [2.75, 3.05) is 63.8 Å². The Kier molecular flexibility index (Phi) is 9.47. The second-order valence-corrected chi connectivity index (χ2v) is 19.4. The molecule has 8 rings (SSSR count). The second-order valence-electron chi connectivity index (χ2n) is 15.1. The second kappa shape index (κ2) is 14.3. The van der Waals surface area contributed by atoms with Crippen molar-refractivity contribution in [3.05, 3.63) is 112 Å². The highest BCUT2D eigenvalue weighted by Gasteiger charge is 2.41. The lowest BCUT2D eigenvalue weighted by atomic mass is 9.92. The maximum absolute atomic E-state index is 4.75. The number of allylic oxidation sites excluding steroid dienone is 3. The quantitative estimate of drug-likeness (QED) is 0.300. The molecule has 3 aromatic rings. The normalized spacial score (nSPS) is 21.7. The first-order chi connectivity index (χ1) is 24.0. The lowest BCUT2D eigenvalue weighted by molar-refractivity contribution is -0.504. The zero-order valence-electron chi connectivity index (χ0n) is 29.5. The molecule has 254 valence electrons. The molecule has 5 aliphatic rings. The molecule has 1 N–H and O–H groups in total. The van der Waals surface area contributed by atoms with E-state index in [1.807, 2.05) is 24.5 Å². The SMILES string of the molecule is C[Si]1(C)C2=CC(=[N+]3CCCC3)C=C3CN(Cc4ccccn4)CCNCCN(Cc4ccccn4)Cc4cc(N5CCCC5)cc1c4C=C32. The molecular weight excluding hydrogens is 619 g/mol. The predicted molar refractivity (Wildman–Crippen MR) is 204 cm³/mol. The van der Waals surface area contributed by atoms with Crippen LogP contribution in [0, 0.1) is 0 Å². The molecule has 0 spiro atoms. The van der Waals surface area contributed by atoms with Gasteiger partial charge in [-0.1, -0.05) is 25.2 Å². The van der Waals surface area contributed by atoms with E-state index in [0.29, 0.717) is 0 Å². The highest BCUT2D eigenvalue weighted by molar-refractivity contribution is 6.97. The summed E-state index contributed by atoms with van der Waals surface area (Å²) in [5.74, 6) is 0. The van der Waals surface area contributed by atoms with Gasteiger partial charge in [0.05, 0.1) is 11.4 Å². The van der Waals surface area contributed by atoms with Gasteiger partial charge in [0.2, 0.25) is 0 Å². The van der Waals surface area contributed by atoms with Crippen LogP contribution in [0.15, 0.2) is 89.4 Å². The maximum Gasteiger partial charge on any atom is 0.200 e. The highest BCUT2D eigenvalue weighted by Crippen LogP contribution is 2.40. The zero-order valence-corrected chi connectivity index (χ0v) is 30.5. The largest absolute Gasteiger partial charge is 0.372 e. The van der Waals surface area contributed by atoms with Gasteiger partial charge in [-0.25, -0.2) is 4.58 Å². The molecule has 49 heavy (non-hydrogen) atoms. The van der Waals surface area contributed by atoms with Gasteiger partial charge in [-0.15, -0.1) is 0 Å². The molecule has 0 atom stereocenters. The van der Waals surface area contributed by atoms with Gasteiger partial charge in [-0.2, -0.15) is 0 Å². The van der Waals surface area contributed by atoms with Gasteiger partial charge >= 0.3 is 0 Å². The molecule has 2 aromatic heterocycles. The molecule has 8 heteroatoms. The summed E-state index contributed by atoms with van der Waals surface area (Å²) in [4.78, 5) is 17.4. The summed E-state index contributed by atoms with van der Waals surface area (Å²) in [6.45, 7) is 17.3. The lowest BCUT2D eigenvalue weighted by Gasteiger charge is -2.39. The van der Waals surface area contributed by atoms with Crippen LogP contribution in [-0.4, -0.2) is 97.0 Å². The number of benzene rings is 1. The van der Waals surface area contributed by atoms with Gasteiger partial charge in [0, 0.05) is 109 Å². The summed E-state index contributed by atoms with van der Waals surface area (Å²) >= 11 is 0. The fraction of sp³-hybridized carbons (Fsp3) is 0.439. The van der Waals surface area contributed by atoms with Crippen LogP contribution in [-0.2, 0) is 19.6 Å². The maximum atomic E-state index is 4.75. The van der Waals surface area contributed by atoms with Crippen LogP contribution in [0.25, 0.3) is 6.08 Å². The summed E-state index contributed by atoms with van der Waals surface area (Å²) in [7, 11) is -2.08. The van der Waals surface area contributed by atoms with Crippen molar-refractivity contribution in [3.63, 3.8) is 0 Å². The predicted octanol–water partition coefficient (Wildman–Crippen LogP) is 5.15. The topological polar surface area (TPSA) is 50.5 Å². The van der Waals surface area contributed by atoms with Crippen molar-refractivity contribution in [1.82, 2.24) is 25.1 Å². The minimum atomic E-state index is -2.08. The first-order valence-electron chi connectivity index (χ1n) is 18.7. The minimum Gasteiger partial charge on any atom is -0.372 e. The molecule has 1 aliphatic carbocycles. The number of rotatable bonds is 5. The zero-order chi connectivity index (χ0) is 33.2. The fourth-order valence-corrected chi connectivity index (χ4v) is 11.7. The summed E-state index contributed by atoms with van der Waals surface area (Å²) in [5.41, 5.74) is 11.0. The standard InChI is InChI=1S/C41H52N7Si/c1-49(2)40-25-36(47-17-7-8-18-47)23-32-28-45(30-34-11-3-5-13-43-34)21-15-42-16-22-46(31-35-12-4-6-14-44-35)29-33-24-37(48-19-9-10-20-48)26-41(49)39(33)27-38(32)40/h3-6,11-14,23-27,42H,7-10,15-22,28-31H2,1-2H3/q+1. The Morgan fingerprint density at radius 1 is 0.755 bits per heavy atom. The third-order valence-electron chi connectivity index (χ3n) is 11.3. The first-order valence-corrected chi connectivity index (χ1v) is 21.7. The number of nitrogens with one attached hydrogen (secondary N) is 1. The van der Waals surface area contributed by atoms with Crippen LogP contribution in [0.3, 0.4) is 0 Å². The van der Waals surface area contributed by atoms with Crippen LogP contribution in [0.5, 0.6) is 0 Å². The third-order valence-corrected chi connectivity index (χ3v) is 14.8. The van der Waals surface area contributed by atoms with E-state index >= 15 is 0 Å². The Balaban J connectivity index is 1.27. The molecule has 4 aliphatic heterocycles. The van der Waals surface area contributed by atoms with Crippen LogP contribution >= 0.6 is 0 Å². The lowest BCUT2D eigenvalue weighted by Crippen LogP contribution is -2.50. The van der Waals surface area contributed by atoms with Gasteiger partial charge in [-0.05, 0) is 88.0 Å². The van der Waals surface area contributed by atoms with E-state index in [2.05, 4.69) is 92.3 Å². The fourth-order valence-electron chi connectivity index (χ4n) is 8.59. The molecule has 0 unspecified atom stereocenters. The van der Waals surface area contributed by atoms with Gasteiger partial charge in [0.25, 0.3) is 0 Å². The molecule has 2 saturated heterocycles. The number of pyridine rings is 2. The van der Waals surface area contributed by atoms with Gasteiger partial charge in [-0.3, -0.25) is 19.8 Å². The first kappa shape index (κ1) is 32.5. The van der Waals surface area contributed by atoms with Gasteiger partial charge < -0.3 is 10.2 Å². The number of hydrogen-bond acceptors (Lipinski definition) is 6. The molecule has 0 radical (unpaired) electrons. The Morgan fingerprint density at radius 2 is 1.43 bits per heavy atom. The molecule has 7 nitrogen and oxygen atoms in total. The number of anilines is 1. The third kappa shape index (κ3) is 7.02. The average Bonchev–Trinajstić information content (AvgIpc) is 3.85. The number of hydrogen-bond donors (Lipinski definition) is 1. The van der Waals surface area contributed by atoms with Crippen molar-refractivity contribution < 1.29 is 4.58 Å². The number of aromatic nitrogens is 2. The van der Waals surface area contributed by atoms with Crippen molar-refractivity contribution in [3.8, 4) is 0 Å². The summed E-state index contributed by atoms with van der Waals surface area (Å²) in [5, 5.41) is 7.04. The van der Waals surface area contributed by atoms with E-state index in [1.54, 1.807) is 10.4 Å². The van der Waals surface area contributed by atoms with Gasteiger partial charge in [0.15, 0.2) is 5.71 Å². The Hall–Kier alpha value is -3.69. The average molecular weight is 671 g/mol. The molecule has 2 fully saturated rings. The highest BCUT2D eigenvalue weighted by atomic mass is 28.3.